The van der Waals surface area contributed by atoms with E-state index in [1.54, 1.807) is 26.0 Å². The van der Waals surface area contributed by atoms with Crippen LogP contribution in [0.1, 0.15) is 18.9 Å². The molecule has 1 atom stereocenters. The Morgan fingerprint density at radius 3 is 2.61 bits per heavy atom. The Morgan fingerprint density at radius 2 is 2.11 bits per heavy atom. The van der Waals surface area contributed by atoms with Gasteiger partial charge in [-0.3, -0.25) is 4.79 Å². The van der Waals surface area contributed by atoms with Gasteiger partial charge in [0.1, 0.15) is 6.04 Å². The Labute approximate surface area is 111 Å². The molecule has 0 saturated heterocycles. The topological polar surface area (TPSA) is 83.5 Å². The Kier molecular flexibility index (Phi) is 4.72. The normalized spacial score (nSPS) is 13.3. The number of carbonyl (C=O) groups is 1. The molecule has 0 saturated carbocycles. The molecule has 18 heavy (non-hydrogen) atoms. The minimum absolute atomic E-state index is 0.00491. The smallest absolute Gasteiger partial charge is 0.321 e. The molecule has 0 radical (unpaired) electrons. The first-order chi connectivity index (χ1) is 8.27. The second kappa shape index (κ2) is 5.69. The van der Waals surface area contributed by atoms with Crippen molar-refractivity contribution in [2.45, 2.75) is 31.2 Å². The summed E-state index contributed by atoms with van der Waals surface area (Å²) in [7, 11) is -3.89. The predicted octanol–water partition coefficient (Wildman–Crippen LogP) is 1.79. The first-order valence-electron chi connectivity index (χ1n) is 5.29. The van der Waals surface area contributed by atoms with Crippen molar-refractivity contribution >= 4 is 27.6 Å². The lowest BCUT2D eigenvalue weighted by Gasteiger charge is -2.14. The summed E-state index contributed by atoms with van der Waals surface area (Å²) in [5.74, 6) is -1.21. The lowest BCUT2D eigenvalue weighted by Crippen LogP contribution is -2.40. The number of benzene rings is 1. The highest BCUT2D eigenvalue weighted by atomic mass is 35.5. The van der Waals surface area contributed by atoms with Crippen LogP contribution in [0.25, 0.3) is 0 Å². The summed E-state index contributed by atoms with van der Waals surface area (Å²) in [4.78, 5) is 10.8. The molecule has 0 unspecified atom stereocenters. The first kappa shape index (κ1) is 14.9. The van der Waals surface area contributed by atoms with E-state index in [-0.39, 0.29) is 16.3 Å². The Balaban J connectivity index is 3.14. The molecule has 1 rings (SSSR count). The number of aliphatic carboxylic acids is 1. The highest BCUT2D eigenvalue weighted by Gasteiger charge is 2.25. The van der Waals surface area contributed by atoms with E-state index in [2.05, 4.69) is 4.72 Å². The highest BCUT2D eigenvalue weighted by molar-refractivity contribution is 7.89. The third kappa shape index (κ3) is 3.44. The van der Waals surface area contributed by atoms with Crippen LogP contribution in [0, 0.1) is 6.92 Å². The average Bonchev–Trinajstić information content (AvgIpc) is 2.28. The van der Waals surface area contributed by atoms with Crippen molar-refractivity contribution in [3.63, 3.8) is 0 Å². The predicted molar refractivity (Wildman–Crippen MR) is 68.2 cm³/mol. The van der Waals surface area contributed by atoms with Crippen molar-refractivity contribution in [1.29, 1.82) is 0 Å². The van der Waals surface area contributed by atoms with Crippen LogP contribution in [0.15, 0.2) is 23.1 Å². The minimum atomic E-state index is -3.89. The van der Waals surface area contributed by atoms with Gasteiger partial charge in [0.05, 0.1) is 4.90 Å². The quantitative estimate of drug-likeness (QED) is 0.866. The monoisotopic (exact) mass is 291 g/mol. The fourth-order valence-electron chi connectivity index (χ4n) is 1.42. The number of carboxylic acids is 1. The van der Waals surface area contributed by atoms with E-state index in [1.807, 2.05) is 0 Å². The molecule has 1 aromatic carbocycles. The average molecular weight is 292 g/mol. The molecular weight excluding hydrogens is 278 g/mol. The Bertz CT molecular complexity index is 556. The SMILES string of the molecule is CC[C@@H](NS(=O)(=O)c1cc(Cl)ccc1C)C(=O)O. The molecule has 100 valence electrons. The molecule has 5 nitrogen and oxygen atoms in total. The molecule has 0 aromatic heterocycles. The second-order valence-corrected chi connectivity index (χ2v) is 5.95. The van der Waals surface area contributed by atoms with Gasteiger partial charge in [0.25, 0.3) is 0 Å². The lowest BCUT2D eigenvalue weighted by atomic mass is 10.2. The number of halogens is 1. The van der Waals surface area contributed by atoms with Crippen LogP contribution in [0.5, 0.6) is 0 Å². The molecule has 0 aliphatic rings. The van der Waals surface area contributed by atoms with E-state index in [4.69, 9.17) is 16.7 Å². The summed E-state index contributed by atoms with van der Waals surface area (Å²) in [6.07, 6.45) is 0.161. The maximum atomic E-state index is 12.0. The van der Waals surface area contributed by atoms with Crippen LogP contribution < -0.4 is 4.72 Å². The molecule has 0 aliphatic heterocycles. The molecule has 0 bridgehead atoms. The van der Waals surface area contributed by atoms with Crippen molar-refractivity contribution in [3.8, 4) is 0 Å². The molecule has 0 aliphatic carbocycles. The van der Waals surface area contributed by atoms with E-state index in [0.29, 0.717) is 5.56 Å². The van der Waals surface area contributed by atoms with Crippen molar-refractivity contribution in [2.75, 3.05) is 0 Å². The van der Waals surface area contributed by atoms with Crippen LogP contribution in [-0.2, 0) is 14.8 Å². The van der Waals surface area contributed by atoms with E-state index in [0.717, 1.165) is 0 Å². The van der Waals surface area contributed by atoms with Gasteiger partial charge < -0.3 is 5.11 Å². The van der Waals surface area contributed by atoms with Gasteiger partial charge in [-0.2, -0.15) is 4.72 Å². The van der Waals surface area contributed by atoms with Crippen molar-refractivity contribution in [3.05, 3.63) is 28.8 Å². The number of carboxylic acid groups (broad SMARTS) is 1. The van der Waals surface area contributed by atoms with Gasteiger partial charge in [-0.15, -0.1) is 0 Å². The maximum absolute atomic E-state index is 12.0. The molecule has 0 spiro atoms. The zero-order chi connectivity index (χ0) is 13.9. The zero-order valence-electron chi connectivity index (χ0n) is 9.97. The van der Waals surface area contributed by atoms with E-state index < -0.39 is 22.0 Å². The van der Waals surface area contributed by atoms with E-state index >= 15 is 0 Å². The van der Waals surface area contributed by atoms with E-state index in [9.17, 15) is 13.2 Å². The molecule has 0 heterocycles. The van der Waals surface area contributed by atoms with Crippen LogP contribution in [-0.4, -0.2) is 25.5 Å². The number of rotatable bonds is 5. The number of nitrogens with one attached hydrogen (secondary N) is 1. The van der Waals surface area contributed by atoms with Crippen molar-refractivity contribution in [1.82, 2.24) is 4.72 Å². The van der Waals surface area contributed by atoms with Gasteiger partial charge in [-0.1, -0.05) is 24.6 Å². The van der Waals surface area contributed by atoms with Gasteiger partial charge in [-0.05, 0) is 31.0 Å². The van der Waals surface area contributed by atoms with Crippen LogP contribution >= 0.6 is 11.6 Å². The Morgan fingerprint density at radius 1 is 1.50 bits per heavy atom. The highest BCUT2D eigenvalue weighted by Crippen LogP contribution is 2.20. The summed E-state index contributed by atoms with van der Waals surface area (Å²) in [5.41, 5.74) is 0.507. The summed E-state index contributed by atoms with van der Waals surface area (Å²) in [5, 5.41) is 9.14. The van der Waals surface area contributed by atoms with Gasteiger partial charge in [0.2, 0.25) is 10.0 Å². The van der Waals surface area contributed by atoms with Gasteiger partial charge in [0.15, 0.2) is 0 Å². The summed E-state index contributed by atoms with van der Waals surface area (Å²) in [6.45, 7) is 3.21. The summed E-state index contributed by atoms with van der Waals surface area (Å²) in [6, 6.07) is 3.30. The minimum Gasteiger partial charge on any atom is -0.480 e. The van der Waals surface area contributed by atoms with Crippen molar-refractivity contribution in [2.24, 2.45) is 0 Å². The van der Waals surface area contributed by atoms with Crippen molar-refractivity contribution < 1.29 is 18.3 Å². The van der Waals surface area contributed by atoms with Gasteiger partial charge in [0, 0.05) is 5.02 Å². The molecular formula is C11H14ClNO4S. The second-order valence-electron chi connectivity index (χ2n) is 3.83. The first-order valence-corrected chi connectivity index (χ1v) is 7.15. The lowest BCUT2D eigenvalue weighted by molar-refractivity contribution is -0.139. The zero-order valence-corrected chi connectivity index (χ0v) is 11.5. The standard InChI is InChI=1S/C11H14ClNO4S/c1-3-9(11(14)15)13-18(16,17)10-6-8(12)5-4-7(10)2/h4-6,9,13H,3H2,1-2H3,(H,14,15)/t9-/m1/s1. The molecule has 7 heteroatoms. The Hall–Kier alpha value is -1.11. The fraction of sp³-hybridized carbons (Fsp3) is 0.364. The summed E-state index contributed by atoms with van der Waals surface area (Å²) >= 11 is 5.75. The maximum Gasteiger partial charge on any atom is 0.321 e. The van der Waals surface area contributed by atoms with Crippen LogP contribution in [0.3, 0.4) is 0 Å². The summed E-state index contributed by atoms with van der Waals surface area (Å²) < 4.78 is 26.2. The molecule has 2 N–H and O–H groups in total. The fourth-order valence-corrected chi connectivity index (χ4v) is 3.20. The third-order valence-corrected chi connectivity index (χ3v) is 4.29. The van der Waals surface area contributed by atoms with Crippen LogP contribution in [0.2, 0.25) is 5.02 Å². The van der Waals surface area contributed by atoms with Crippen LogP contribution in [0.4, 0.5) is 0 Å². The number of sulfonamides is 1. The number of hydrogen-bond donors (Lipinski definition) is 2. The van der Waals surface area contributed by atoms with Gasteiger partial charge in [-0.25, -0.2) is 8.42 Å². The number of aryl methyl sites for hydroxylation is 1. The van der Waals surface area contributed by atoms with E-state index in [1.165, 1.54) is 6.07 Å². The number of hydrogen-bond acceptors (Lipinski definition) is 3. The molecule has 1 aromatic rings. The molecule has 0 amide bonds. The van der Waals surface area contributed by atoms with Gasteiger partial charge >= 0.3 is 5.97 Å². The molecule has 0 fully saturated rings. The largest absolute Gasteiger partial charge is 0.480 e. The third-order valence-electron chi connectivity index (χ3n) is 2.44.